The monoisotopic (exact) mass is 478 g/mol. The van der Waals surface area contributed by atoms with Crippen LogP contribution in [0.3, 0.4) is 0 Å². The van der Waals surface area contributed by atoms with Gasteiger partial charge in [-0.1, -0.05) is 30.3 Å². The number of alkyl halides is 3. The van der Waals surface area contributed by atoms with Gasteiger partial charge >= 0.3 is 41.7 Å². The number of carboxylic acid groups (broad SMARTS) is 1. The molecule has 0 aliphatic heterocycles. The summed E-state index contributed by atoms with van der Waals surface area (Å²) in [5.41, 5.74) is 8.40. The van der Waals surface area contributed by atoms with Crippen molar-refractivity contribution in [2.75, 3.05) is 5.73 Å². The predicted molar refractivity (Wildman–Crippen MR) is 126 cm³/mol. The van der Waals surface area contributed by atoms with Crippen LogP contribution in [0, 0.1) is 0 Å². The molecule has 3 aromatic rings. The van der Waals surface area contributed by atoms with Gasteiger partial charge in [0.05, 0.1) is 11.1 Å². The SMILES string of the molecule is Nc1cc(C(=O)O)cc(C2=C(c3cc(C(F)(F)F)cnc3OCc3ccccc3)CCC2)c1.[NaH]. The fourth-order valence-corrected chi connectivity index (χ4v) is 3.97. The van der Waals surface area contributed by atoms with Crippen LogP contribution in [-0.2, 0) is 12.8 Å². The van der Waals surface area contributed by atoms with Crippen LogP contribution >= 0.6 is 0 Å². The molecule has 0 bridgehead atoms. The Balaban J connectivity index is 0.00000324. The van der Waals surface area contributed by atoms with Gasteiger partial charge in [0.25, 0.3) is 0 Å². The minimum absolute atomic E-state index is 0. The predicted octanol–water partition coefficient (Wildman–Crippen LogP) is 5.41. The molecule has 5 nitrogen and oxygen atoms in total. The van der Waals surface area contributed by atoms with Gasteiger partial charge in [-0.25, -0.2) is 9.78 Å². The number of carbonyl (C=O) groups is 1. The van der Waals surface area contributed by atoms with Gasteiger partial charge < -0.3 is 15.6 Å². The topological polar surface area (TPSA) is 85.4 Å². The summed E-state index contributed by atoms with van der Waals surface area (Å²) in [7, 11) is 0. The second kappa shape index (κ2) is 10.6. The normalized spacial score (nSPS) is 13.5. The van der Waals surface area contributed by atoms with Crippen LogP contribution in [-0.4, -0.2) is 45.6 Å². The van der Waals surface area contributed by atoms with E-state index >= 15 is 0 Å². The van der Waals surface area contributed by atoms with E-state index < -0.39 is 17.7 Å². The standard InChI is InChI=1S/C25H21F3N2O3.Na.H/c26-25(27,28)18-12-22(23(30-13-18)33-14-15-5-2-1-3-6-15)21-8-4-7-20(21)16-9-17(24(31)32)11-19(29)10-16;;/h1-3,5-6,9-13H,4,7-8,14,29H2,(H,31,32);;. The number of hydrogen-bond donors (Lipinski definition) is 2. The fraction of sp³-hybridized carbons (Fsp3) is 0.200. The van der Waals surface area contributed by atoms with Crippen LogP contribution in [0.1, 0.15) is 51.9 Å². The summed E-state index contributed by atoms with van der Waals surface area (Å²) in [6.45, 7) is 0.149. The molecule has 1 aliphatic rings. The van der Waals surface area contributed by atoms with Gasteiger partial charge in [0.15, 0.2) is 0 Å². The number of pyridine rings is 1. The Morgan fingerprint density at radius 1 is 1.06 bits per heavy atom. The molecule has 0 spiro atoms. The van der Waals surface area contributed by atoms with Gasteiger partial charge in [-0.3, -0.25) is 0 Å². The zero-order valence-electron chi connectivity index (χ0n) is 17.5. The number of allylic oxidation sites excluding steroid dienone is 2. The summed E-state index contributed by atoms with van der Waals surface area (Å²) in [6, 6.07) is 14.8. The molecule has 0 atom stereocenters. The first-order chi connectivity index (χ1) is 15.7. The molecule has 1 aliphatic carbocycles. The average Bonchev–Trinajstić information content (AvgIpc) is 3.27. The second-order valence-corrected chi connectivity index (χ2v) is 7.81. The number of aromatic nitrogens is 1. The summed E-state index contributed by atoms with van der Waals surface area (Å²) in [5, 5.41) is 9.38. The molecule has 3 N–H and O–H groups in total. The van der Waals surface area contributed by atoms with Crippen LogP contribution in [0.4, 0.5) is 18.9 Å². The number of benzene rings is 2. The second-order valence-electron chi connectivity index (χ2n) is 7.81. The van der Waals surface area contributed by atoms with Gasteiger partial charge in [-0.05, 0) is 65.8 Å². The number of nitrogen functional groups attached to an aromatic ring is 1. The van der Waals surface area contributed by atoms with Gasteiger partial charge in [0.1, 0.15) is 6.61 Å². The number of hydrogen-bond acceptors (Lipinski definition) is 4. The van der Waals surface area contributed by atoms with Gasteiger partial charge in [0.2, 0.25) is 5.88 Å². The molecule has 0 radical (unpaired) electrons. The van der Waals surface area contributed by atoms with E-state index in [2.05, 4.69) is 4.98 Å². The zero-order valence-corrected chi connectivity index (χ0v) is 17.5. The Kier molecular flexibility index (Phi) is 8.07. The zero-order chi connectivity index (χ0) is 23.6. The Hall–Kier alpha value is -2.81. The number of rotatable bonds is 6. The van der Waals surface area contributed by atoms with E-state index in [1.807, 2.05) is 30.3 Å². The van der Waals surface area contributed by atoms with E-state index in [9.17, 15) is 23.1 Å². The van der Waals surface area contributed by atoms with Crippen LogP contribution in [0.15, 0.2) is 60.8 Å². The van der Waals surface area contributed by atoms with E-state index in [0.717, 1.165) is 23.4 Å². The third-order valence-electron chi connectivity index (χ3n) is 5.49. The maximum absolute atomic E-state index is 13.5. The van der Waals surface area contributed by atoms with Crippen molar-refractivity contribution in [3.63, 3.8) is 0 Å². The average molecular weight is 478 g/mol. The van der Waals surface area contributed by atoms with Gasteiger partial charge in [-0.15, -0.1) is 0 Å². The third-order valence-corrected chi connectivity index (χ3v) is 5.49. The van der Waals surface area contributed by atoms with Gasteiger partial charge in [-0.2, -0.15) is 13.2 Å². The molecule has 0 saturated carbocycles. The molecular formula is C25H22F3N2NaO3. The molecule has 9 heteroatoms. The summed E-state index contributed by atoms with van der Waals surface area (Å²) in [6.07, 6.45) is -2.01. The first-order valence-corrected chi connectivity index (χ1v) is 10.3. The van der Waals surface area contributed by atoms with Crippen molar-refractivity contribution in [1.29, 1.82) is 0 Å². The number of ether oxygens (including phenoxy) is 1. The van der Waals surface area contributed by atoms with E-state index in [1.165, 1.54) is 12.1 Å². The van der Waals surface area contributed by atoms with E-state index in [1.54, 1.807) is 6.07 Å². The van der Waals surface area contributed by atoms with Crippen LogP contribution in [0.25, 0.3) is 11.1 Å². The molecule has 4 rings (SSSR count). The van der Waals surface area contributed by atoms with E-state index in [-0.39, 0.29) is 58.9 Å². The fourth-order valence-electron chi connectivity index (χ4n) is 3.97. The van der Waals surface area contributed by atoms with Crippen molar-refractivity contribution in [3.8, 4) is 5.88 Å². The molecule has 0 unspecified atom stereocenters. The Labute approximate surface area is 216 Å². The van der Waals surface area contributed by atoms with Gasteiger partial charge in [0, 0.05) is 17.4 Å². The van der Waals surface area contributed by atoms with Crippen molar-refractivity contribution in [3.05, 3.63) is 88.6 Å². The molecule has 0 saturated heterocycles. The number of aromatic carboxylic acids is 1. The molecule has 1 aromatic heterocycles. The molecule has 0 amide bonds. The van der Waals surface area contributed by atoms with Crippen molar-refractivity contribution in [2.24, 2.45) is 0 Å². The molecule has 0 fully saturated rings. The number of halogens is 3. The van der Waals surface area contributed by atoms with Crippen molar-refractivity contribution in [1.82, 2.24) is 4.98 Å². The van der Waals surface area contributed by atoms with E-state index in [0.29, 0.717) is 30.4 Å². The van der Waals surface area contributed by atoms with Crippen LogP contribution in [0.2, 0.25) is 0 Å². The summed E-state index contributed by atoms with van der Waals surface area (Å²) in [5.74, 6) is -1.03. The first kappa shape index (κ1) is 25.8. The Bertz CT molecular complexity index is 1230. The number of carboxylic acids is 1. The molecular weight excluding hydrogens is 456 g/mol. The van der Waals surface area contributed by atoms with Crippen molar-refractivity contribution in [2.45, 2.75) is 32.0 Å². The van der Waals surface area contributed by atoms with Crippen LogP contribution < -0.4 is 10.5 Å². The minimum atomic E-state index is -4.56. The summed E-state index contributed by atoms with van der Waals surface area (Å²) in [4.78, 5) is 15.5. The number of anilines is 1. The number of nitrogens with zero attached hydrogens (tertiary/aromatic N) is 1. The maximum atomic E-state index is 13.5. The molecule has 34 heavy (non-hydrogen) atoms. The van der Waals surface area contributed by atoms with Crippen molar-refractivity contribution >= 4 is 52.4 Å². The Morgan fingerprint density at radius 2 is 1.76 bits per heavy atom. The third kappa shape index (κ3) is 5.81. The molecule has 172 valence electrons. The molecule has 2 aromatic carbocycles. The number of nitrogens with two attached hydrogens (primary N) is 1. The molecule has 1 heterocycles. The summed E-state index contributed by atoms with van der Waals surface area (Å²) >= 11 is 0. The van der Waals surface area contributed by atoms with Crippen molar-refractivity contribution < 1.29 is 27.8 Å². The quantitative estimate of drug-likeness (QED) is 0.366. The van der Waals surface area contributed by atoms with E-state index in [4.69, 9.17) is 10.5 Å². The van der Waals surface area contributed by atoms with Crippen LogP contribution in [0.5, 0.6) is 5.88 Å². The summed E-state index contributed by atoms with van der Waals surface area (Å²) < 4.78 is 46.3. The first-order valence-electron chi connectivity index (χ1n) is 10.3. The Morgan fingerprint density at radius 3 is 2.44 bits per heavy atom.